The molecule has 0 aromatic carbocycles. The summed E-state index contributed by atoms with van der Waals surface area (Å²) in [5, 5.41) is 7.44. The average molecular weight is 269 g/mol. The number of ether oxygens (including phenoxy) is 2. The molecular formula is C13H23N3O3. The predicted octanol–water partition coefficient (Wildman–Crippen LogP) is 1.47. The van der Waals surface area contributed by atoms with Gasteiger partial charge in [-0.2, -0.15) is 4.98 Å². The summed E-state index contributed by atoms with van der Waals surface area (Å²) in [4.78, 5) is 4.38. The molecule has 6 nitrogen and oxygen atoms in total. The Bertz CT molecular complexity index is 377. The fourth-order valence-electron chi connectivity index (χ4n) is 2.50. The van der Waals surface area contributed by atoms with E-state index in [2.05, 4.69) is 22.4 Å². The van der Waals surface area contributed by atoms with Gasteiger partial charge in [-0.1, -0.05) is 5.16 Å². The zero-order chi connectivity index (χ0) is 13.7. The summed E-state index contributed by atoms with van der Waals surface area (Å²) in [5.41, 5.74) is 0. The summed E-state index contributed by atoms with van der Waals surface area (Å²) < 4.78 is 16.0. The predicted molar refractivity (Wildman–Crippen MR) is 69.8 cm³/mol. The second-order valence-electron chi connectivity index (χ2n) is 5.13. The Morgan fingerprint density at radius 3 is 2.74 bits per heavy atom. The van der Waals surface area contributed by atoms with E-state index in [4.69, 9.17) is 14.0 Å². The van der Waals surface area contributed by atoms with E-state index < -0.39 is 0 Å². The van der Waals surface area contributed by atoms with Crippen molar-refractivity contribution in [2.75, 3.05) is 26.9 Å². The third kappa shape index (κ3) is 3.99. The Balaban J connectivity index is 2.07. The van der Waals surface area contributed by atoms with E-state index in [1.54, 1.807) is 7.11 Å². The quantitative estimate of drug-likeness (QED) is 0.843. The molecule has 6 heteroatoms. The molecule has 2 atom stereocenters. The fourth-order valence-corrected chi connectivity index (χ4v) is 2.50. The molecule has 0 amide bonds. The van der Waals surface area contributed by atoms with Crippen molar-refractivity contribution in [1.82, 2.24) is 15.5 Å². The lowest BCUT2D eigenvalue weighted by molar-refractivity contribution is 0.0443. The molecule has 108 valence electrons. The number of nitrogens with zero attached hydrogens (tertiary/aromatic N) is 2. The molecule has 1 N–H and O–H groups in total. The van der Waals surface area contributed by atoms with Gasteiger partial charge in [-0.3, -0.25) is 0 Å². The van der Waals surface area contributed by atoms with Gasteiger partial charge in [-0.15, -0.1) is 0 Å². The SMILES string of the molecule is COC[C@H](C)N[C@@H](c1nc(C)no1)C1CCOCC1. The van der Waals surface area contributed by atoms with Crippen molar-refractivity contribution in [3.8, 4) is 0 Å². The zero-order valence-corrected chi connectivity index (χ0v) is 11.9. The molecule has 0 radical (unpaired) electrons. The second-order valence-corrected chi connectivity index (χ2v) is 5.13. The van der Waals surface area contributed by atoms with Crippen LogP contribution in [0.3, 0.4) is 0 Å². The molecule has 1 aliphatic heterocycles. The molecule has 19 heavy (non-hydrogen) atoms. The maximum Gasteiger partial charge on any atom is 0.244 e. The van der Waals surface area contributed by atoms with Crippen molar-refractivity contribution in [2.45, 2.75) is 38.8 Å². The van der Waals surface area contributed by atoms with Crippen LogP contribution in [-0.2, 0) is 9.47 Å². The summed E-state index contributed by atoms with van der Waals surface area (Å²) >= 11 is 0. The van der Waals surface area contributed by atoms with Gasteiger partial charge in [0.05, 0.1) is 12.6 Å². The van der Waals surface area contributed by atoms with Gasteiger partial charge >= 0.3 is 0 Å². The van der Waals surface area contributed by atoms with Gasteiger partial charge in [0, 0.05) is 26.4 Å². The lowest BCUT2D eigenvalue weighted by Crippen LogP contribution is -2.39. The van der Waals surface area contributed by atoms with Crippen molar-refractivity contribution in [1.29, 1.82) is 0 Å². The Labute approximate surface area is 113 Å². The van der Waals surface area contributed by atoms with Gasteiger partial charge in [-0.25, -0.2) is 0 Å². The Kier molecular flexibility index (Phi) is 5.30. The maximum absolute atomic E-state index is 5.42. The topological polar surface area (TPSA) is 69.4 Å². The first-order valence-corrected chi connectivity index (χ1v) is 6.83. The molecule has 0 bridgehead atoms. The van der Waals surface area contributed by atoms with Crippen LogP contribution in [0.2, 0.25) is 0 Å². The highest BCUT2D eigenvalue weighted by atomic mass is 16.5. The minimum atomic E-state index is 0.0789. The van der Waals surface area contributed by atoms with Crippen LogP contribution >= 0.6 is 0 Å². The zero-order valence-electron chi connectivity index (χ0n) is 11.9. The van der Waals surface area contributed by atoms with Crippen molar-refractivity contribution < 1.29 is 14.0 Å². The molecule has 0 unspecified atom stereocenters. The molecule has 0 saturated carbocycles. The van der Waals surface area contributed by atoms with Gasteiger partial charge in [0.2, 0.25) is 5.89 Å². The number of hydrogen-bond acceptors (Lipinski definition) is 6. The third-order valence-electron chi connectivity index (χ3n) is 3.43. The molecule has 1 aliphatic rings. The molecule has 2 rings (SSSR count). The minimum absolute atomic E-state index is 0.0789. The first kappa shape index (κ1) is 14.4. The first-order valence-electron chi connectivity index (χ1n) is 6.83. The highest BCUT2D eigenvalue weighted by Crippen LogP contribution is 2.29. The third-order valence-corrected chi connectivity index (χ3v) is 3.43. The first-order chi connectivity index (χ1) is 9.20. The van der Waals surface area contributed by atoms with Crippen LogP contribution in [0.25, 0.3) is 0 Å². The van der Waals surface area contributed by atoms with Crippen molar-refractivity contribution >= 4 is 0 Å². The molecule has 1 aromatic rings. The minimum Gasteiger partial charge on any atom is -0.383 e. The normalized spacial score (nSPS) is 20.4. The monoisotopic (exact) mass is 269 g/mol. The molecule has 1 fully saturated rings. The van der Waals surface area contributed by atoms with E-state index in [0.29, 0.717) is 24.2 Å². The van der Waals surface area contributed by atoms with Crippen molar-refractivity contribution in [3.05, 3.63) is 11.7 Å². The van der Waals surface area contributed by atoms with E-state index in [1.807, 2.05) is 6.92 Å². The molecule has 2 heterocycles. The van der Waals surface area contributed by atoms with Crippen LogP contribution in [0.4, 0.5) is 0 Å². The van der Waals surface area contributed by atoms with Gasteiger partial charge in [-0.05, 0) is 32.6 Å². The molecule has 0 spiro atoms. The highest BCUT2D eigenvalue weighted by molar-refractivity contribution is 4.96. The van der Waals surface area contributed by atoms with Crippen LogP contribution < -0.4 is 5.32 Å². The van der Waals surface area contributed by atoms with Crippen LogP contribution in [0.15, 0.2) is 4.52 Å². The summed E-state index contributed by atoms with van der Waals surface area (Å²) in [6.45, 7) is 6.20. The van der Waals surface area contributed by atoms with Crippen LogP contribution in [-0.4, -0.2) is 43.1 Å². The average Bonchev–Trinajstić information content (AvgIpc) is 2.84. The van der Waals surface area contributed by atoms with E-state index in [0.717, 1.165) is 26.1 Å². The summed E-state index contributed by atoms with van der Waals surface area (Å²) in [6.07, 6.45) is 2.03. The Hall–Kier alpha value is -0.980. The molecule has 1 saturated heterocycles. The standard InChI is InChI=1S/C13H23N3O3/c1-9(8-17-3)14-12(11-4-6-18-7-5-11)13-15-10(2)16-19-13/h9,11-12,14H,4-8H2,1-3H3/t9-,12+/m0/s1. The van der Waals surface area contributed by atoms with Gasteiger partial charge in [0.25, 0.3) is 0 Å². The molecule has 0 aliphatic carbocycles. The van der Waals surface area contributed by atoms with Gasteiger partial charge in [0.1, 0.15) is 0 Å². The number of nitrogens with one attached hydrogen (secondary N) is 1. The Morgan fingerprint density at radius 1 is 1.42 bits per heavy atom. The van der Waals surface area contributed by atoms with E-state index in [1.165, 1.54) is 0 Å². The summed E-state index contributed by atoms with van der Waals surface area (Å²) in [7, 11) is 1.71. The van der Waals surface area contributed by atoms with E-state index in [9.17, 15) is 0 Å². The van der Waals surface area contributed by atoms with Crippen LogP contribution in [0.1, 0.15) is 37.5 Å². The number of methoxy groups -OCH3 is 1. The van der Waals surface area contributed by atoms with Crippen LogP contribution in [0.5, 0.6) is 0 Å². The lowest BCUT2D eigenvalue weighted by atomic mass is 9.91. The smallest absolute Gasteiger partial charge is 0.244 e. The summed E-state index contributed by atoms with van der Waals surface area (Å²) in [5.74, 6) is 1.81. The summed E-state index contributed by atoms with van der Waals surface area (Å²) in [6, 6.07) is 0.320. The van der Waals surface area contributed by atoms with Crippen molar-refractivity contribution in [2.24, 2.45) is 5.92 Å². The largest absolute Gasteiger partial charge is 0.383 e. The number of rotatable bonds is 6. The van der Waals surface area contributed by atoms with Crippen LogP contribution in [0, 0.1) is 12.8 Å². The number of aromatic nitrogens is 2. The van der Waals surface area contributed by atoms with E-state index in [-0.39, 0.29) is 12.1 Å². The lowest BCUT2D eigenvalue weighted by Gasteiger charge is -2.30. The second kappa shape index (κ2) is 6.98. The van der Waals surface area contributed by atoms with Gasteiger partial charge in [0.15, 0.2) is 5.82 Å². The molecule has 1 aromatic heterocycles. The molecular weight excluding hydrogens is 246 g/mol. The van der Waals surface area contributed by atoms with Gasteiger partial charge < -0.3 is 19.3 Å². The maximum atomic E-state index is 5.42. The number of aryl methyl sites for hydroxylation is 1. The van der Waals surface area contributed by atoms with E-state index >= 15 is 0 Å². The highest BCUT2D eigenvalue weighted by Gasteiger charge is 2.30. The number of hydrogen-bond donors (Lipinski definition) is 1. The fraction of sp³-hybridized carbons (Fsp3) is 0.846. The van der Waals surface area contributed by atoms with Crippen molar-refractivity contribution in [3.63, 3.8) is 0 Å². The Morgan fingerprint density at radius 2 is 2.16 bits per heavy atom.